The van der Waals surface area contributed by atoms with Gasteiger partial charge in [-0.2, -0.15) is 5.10 Å². The van der Waals surface area contributed by atoms with Gasteiger partial charge in [0.2, 0.25) is 0 Å². The van der Waals surface area contributed by atoms with Gasteiger partial charge in [-0.25, -0.2) is 13.6 Å². The van der Waals surface area contributed by atoms with Crippen LogP contribution in [-0.4, -0.2) is 39.7 Å². The molecule has 0 saturated carbocycles. The summed E-state index contributed by atoms with van der Waals surface area (Å²) in [6, 6.07) is 11.5. The minimum atomic E-state index is -2.47. The highest BCUT2D eigenvalue weighted by Gasteiger charge is 2.29. The largest absolute Gasteiger partial charge is 0.323 e. The molecule has 24 heavy (non-hydrogen) atoms. The molecular weight excluding hydrogens is 314 g/mol. The first kappa shape index (κ1) is 16.4. The Morgan fingerprint density at radius 2 is 2.08 bits per heavy atom. The molecule has 5 nitrogen and oxygen atoms in total. The van der Waals surface area contributed by atoms with Gasteiger partial charge in [0, 0.05) is 24.8 Å². The standard InChI is InChI=1S/C17H20F2N4O/c18-15(19)12-22-10-8-16(21-22)20-17(24)23-9-4-7-14(23)11-13-5-2-1-3-6-13/h1-3,5-6,8,10,14-15H,4,7,9,11-12H2,(H,20,21,24). The minimum absolute atomic E-state index is 0.149. The maximum Gasteiger partial charge on any atom is 0.323 e. The van der Waals surface area contributed by atoms with E-state index in [0.29, 0.717) is 12.4 Å². The van der Waals surface area contributed by atoms with Crippen LogP contribution < -0.4 is 5.32 Å². The fourth-order valence-corrected chi connectivity index (χ4v) is 3.05. The molecule has 1 fully saturated rings. The molecule has 1 aliphatic rings. The molecule has 1 atom stereocenters. The van der Waals surface area contributed by atoms with Crippen molar-refractivity contribution >= 4 is 11.8 Å². The lowest BCUT2D eigenvalue weighted by molar-refractivity contribution is 0.122. The van der Waals surface area contributed by atoms with Gasteiger partial charge >= 0.3 is 6.03 Å². The summed E-state index contributed by atoms with van der Waals surface area (Å²) in [6.07, 6.45) is 1.70. The zero-order valence-electron chi connectivity index (χ0n) is 13.2. The third-order valence-corrected chi connectivity index (χ3v) is 4.15. The normalized spacial score (nSPS) is 17.5. The van der Waals surface area contributed by atoms with Crippen LogP contribution in [0.3, 0.4) is 0 Å². The second-order valence-electron chi connectivity index (χ2n) is 5.92. The number of carbonyl (C=O) groups is 1. The zero-order valence-corrected chi connectivity index (χ0v) is 13.2. The topological polar surface area (TPSA) is 50.2 Å². The number of hydrogen-bond donors (Lipinski definition) is 1. The van der Waals surface area contributed by atoms with Crippen LogP contribution in [0.2, 0.25) is 0 Å². The van der Waals surface area contributed by atoms with Crippen LogP contribution in [0.4, 0.5) is 19.4 Å². The van der Waals surface area contributed by atoms with Crippen LogP contribution in [0, 0.1) is 0 Å². The van der Waals surface area contributed by atoms with Gasteiger partial charge in [-0.05, 0) is 24.8 Å². The summed E-state index contributed by atoms with van der Waals surface area (Å²) in [4.78, 5) is 14.3. The molecule has 1 aromatic heterocycles. The van der Waals surface area contributed by atoms with E-state index in [1.54, 1.807) is 4.90 Å². The molecule has 1 aromatic carbocycles. The zero-order chi connectivity index (χ0) is 16.9. The van der Waals surface area contributed by atoms with Crippen molar-refractivity contribution in [1.29, 1.82) is 0 Å². The summed E-state index contributed by atoms with van der Waals surface area (Å²) in [6.45, 7) is 0.220. The number of alkyl halides is 2. The second kappa shape index (κ2) is 7.42. The Hall–Kier alpha value is -2.44. The Morgan fingerprint density at radius 1 is 1.29 bits per heavy atom. The number of carbonyl (C=O) groups excluding carboxylic acids is 1. The van der Waals surface area contributed by atoms with Crippen molar-refractivity contribution in [3.63, 3.8) is 0 Å². The third-order valence-electron chi connectivity index (χ3n) is 4.15. The molecule has 7 heteroatoms. The summed E-state index contributed by atoms with van der Waals surface area (Å²) in [7, 11) is 0. The first-order chi connectivity index (χ1) is 11.6. The van der Waals surface area contributed by atoms with E-state index in [2.05, 4.69) is 22.5 Å². The summed E-state index contributed by atoms with van der Waals surface area (Å²) >= 11 is 0. The number of nitrogens with zero attached hydrogens (tertiary/aromatic N) is 3. The van der Waals surface area contributed by atoms with Crippen molar-refractivity contribution in [3.8, 4) is 0 Å². The Bertz CT molecular complexity index is 674. The summed E-state index contributed by atoms with van der Waals surface area (Å²) in [5.74, 6) is 0.297. The van der Waals surface area contributed by atoms with E-state index >= 15 is 0 Å². The van der Waals surface area contributed by atoms with E-state index in [0.717, 1.165) is 23.9 Å². The van der Waals surface area contributed by atoms with Crippen LogP contribution in [0.25, 0.3) is 0 Å². The summed E-state index contributed by atoms with van der Waals surface area (Å²) in [5.41, 5.74) is 1.20. The SMILES string of the molecule is O=C(Nc1ccn(CC(F)F)n1)N1CCCC1Cc1ccccc1. The monoisotopic (exact) mass is 334 g/mol. The lowest BCUT2D eigenvalue weighted by Crippen LogP contribution is -2.39. The van der Waals surface area contributed by atoms with Crippen LogP contribution in [0.1, 0.15) is 18.4 Å². The highest BCUT2D eigenvalue weighted by Crippen LogP contribution is 2.22. The number of halogens is 2. The van der Waals surface area contributed by atoms with Crippen LogP contribution in [0.15, 0.2) is 42.6 Å². The van der Waals surface area contributed by atoms with Crippen molar-refractivity contribution in [2.24, 2.45) is 0 Å². The minimum Gasteiger partial charge on any atom is -0.321 e. The number of anilines is 1. The fourth-order valence-electron chi connectivity index (χ4n) is 3.05. The van der Waals surface area contributed by atoms with Crippen molar-refractivity contribution < 1.29 is 13.6 Å². The van der Waals surface area contributed by atoms with Crippen LogP contribution in [-0.2, 0) is 13.0 Å². The van der Waals surface area contributed by atoms with Gasteiger partial charge in [0.25, 0.3) is 6.43 Å². The lowest BCUT2D eigenvalue weighted by atomic mass is 10.0. The highest BCUT2D eigenvalue weighted by molar-refractivity contribution is 5.88. The van der Waals surface area contributed by atoms with Crippen molar-refractivity contribution in [1.82, 2.24) is 14.7 Å². The predicted octanol–water partition coefficient (Wildman–Crippen LogP) is 3.39. The van der Waals surface area contributed by atoms with Crippen molar-refractivity contribution in [3.05, 3.63) is 48.2 Å². The average molecular weight is 334 g/mol. The number of hydrogen-bond acceptors (Lipinski definition) is 2. The third kappa shape index (κ3) is 4.10. The second-order valence-corrected chi connectivity index (χ2v) is 5.92. The molecule has 1 unspecified atom stereocenters. The molecule has 0 radical (unpaired) electrons. The molecule has 2 heterocycles. The number of nitrogens with one attached hydrogen (secondary N) is 1. The molecule has 0 spiro atoms. The number of rotatable bonds is 5. The van der Waals surface area contributed by atoms with E-state index in [9.17, 15) is 13.6 Å². The first-order valence-corrected chi connectivity index (χ1v) is 8.05. The van der Waals surface area contributed by atoms with Crippen molar-refractivity contribution in [2.75, 3.05) is 11.9 Å². The highest BCUT2D eigenvalue weighted by atomic mass is 19.3. The van der Waals surface area contributed by atoms with E-state index in [1.807, 2.05) is 18.2 Å². The van der Waals surface area contributed by atoms with E-state index in [4.69, 9.17) is 0 Å². The molecular formula is C17H20F2N4O. The van der Waals surface area contributed by atoms with Crippen LogP contribution >= 0.6 is 0 Å². The molecule has 128 valence electrons. The van der Waals surface area contributed by atoms with Gasteiger partial charge in [-0.15, -0.1) is 0 Å². The molecule has 2 amide bonds. The number of benzene rings is 1. The summed E-state index contributed by atoms with van der Waals surface area (Å²) < 4.78 is 25.8. The lowest BCUT2D eigenvalue weighted by Gasteiger charge is -2.24. The van der Waals surface area contributed by atoms with E-state index < -0.39 is 13.0 Å². The van der Waals surface area contributed by atoms with E-state index in [1.165, 1.54) is 17.8 Å². The maximum absolute atomic E-state index is 12.5. The summed E-state index contributed by atoms with van der Waals surface area (Å²) in [5, 5.41) is 6.65. The Kier molecular flexibility index (Phi) is 5.08. The average Bonchev–Trinajstić information content (AvgIpc) is 3.17. The van der Waals surface area contributed by atoms with Gasteiger partial charge in [-0.1, -0.05) is 30.3 Å². The quantitative estimate of drug-likeness (QED) is 0.911. The van der Waals surface area contributed by atoms with Gasteiger partial charge < -0.3 is 4.90 Å². The predicted molar refractivity (Wildman–Crippen MR) is 87.1 cm³/mol. The Balaban J connectivity index is 1.60. The van der Waals surface area contributed by atoms with Gasteiger partial charge in [-0.3, -0.25) is 10.00 Å². The van der Waals surface area contributed by atoms with Crippen LogP contribution in [0.5, 0.6) is 0 Å². The Labute approximate surface area is 139 Å². The molecule has 3 rings (SSSR count). The number of aromatic nitrogens is 2. The Morgan fingerprint density at radius 3 is 2.83 bits per heavy atom. The smallest absolute Gasteiger partial charge is 0.321 e. The molecule has 0 aliphatic carbocycles. The van der Waals surface area contributed by atoms with Gasteiger partial charge in [0.1, 0.15) is 6.54 Å². The maximum atomic E-state index is 12.5. The number of amides is 2. The molecule has 1 aliphatic heterocycles. The van der Waals surface area contributed by atoms with Gasteiger partial charge in [0.15, 0.2) is 5.82 Å². The van der Waals surface area contributed by atoms with Crippen molar-refractivity contribution in [2.45, 2.75) is 38.3 Å². The molecule has 1 saturated heterocycles. The molecule has 1 N–H and O–H groups in total. The fraction of sp³-hybridized carbons (Fsp3) is 0.412. The number of urea groups is 1. The van der Waals surface area contributed by atoms with Gasteiger partial charge in [0.05, 0.1) is 0 Å². The first-order valence-electron chi connectivity index (χ1n) is 8.05. The molecule has 2 aromatic rings. The molecule has 0 bridgehead atoms. The van der Waals surface area contributed by atoms with E-state index in [-0.39, 0.29) is 12.1 Å². The number of likely N-dealkylation sites (tertiary alicyclic amines) is 1.